The van der Waals surface area contributed by atoms with Crippen molar-refractivity contribution >= 4 is 45.0 Å². The van der Waals surface area contributed by atoms with Crippen molar-refractivity contribution < 1.29 is 14.3 Å². The Kier molecular flexibility index (Phi) is 5.96. The third kappa shape index (κ3) is 4.00. The number of hydrogen-bond donors (Lipinski definition) is 0. The summed E-state index contributed by atoms with van der Waals surface area (Å²) in [7, 11) is 1.33. The summed E-state index contributed by atoms with van der Waals surface area (Å²) in [5, 5.41) is 0.609. The van der Waals surface area contributed by atoms with Crippen molar-refractivity contribution in [2.24, 2.45) is 4.99 Å². The first kappa shape index (κ1) is 17.7. The molecule has 0 unspecified atom stereocenters. The Bertz CT molecular complexity index is 807. The fourth-order valence-corrected chi connectivity index (χ4v) is 3.49. The lowest BCUT2D eigenvalue weighted by molar-refractivity contribution is -0.141. The number of hydrogen-bond acceptors (Lipinski definition) is 4. The monoisotopic (exact) mass is 354 g/mol. The van der Waals surface area contributed by atoms with Crippen molar-refractivity contribution in [3.05, 3.63) is 27.5 Å². The quantitative estimate of drug-likeness (QED) is 0.772. The topological polar surface area (TPSA) is 60.7 Å². The number of nitrogens with zero attached hydrogens (tertiary/aromatic N) is 2. The van der Waals surface area contributed by atoms with Gasteiger partial charge in [-0.1, -0.05) is 36.3 Å². The van der Waals surface area contributed by atoms with Crippen LogP contribution in [-0.4, -0.2) is 23.6 Å². The standard InChI is InChI=1S/C16H19ClN2O3S/c1-4-5-6-13(20)18-16-19(9-14(21)22-3)15-10(2)11(17)7-8-12(15)23-16/h7-8H,4-6,9H2,1-3H3. The number of rotatable bonds is 5. The SMILES string of the molecule is CCCCC(=O)N=c1sc2ccc(Cl)c(C)c2n1CC(=O)OC. The molecule has 1 amide bonds. The molecule has 23 heavy (non-hydrogen) atoms. The number of carbonyl (C=O) groups excluding carboxylic acids is 2. The lowest BCUT2D eigenvalue weighted by atomic mass is 10.2. The highest BCUT2D eigenvalue weighted by atomic mass is 35.5. The molecule has 7 heteroatoms. The molecule has 124 valence electrons. The average Bonchev–Trinajstić information content (AvgIpc) is 2.87. The first-order valence-electron chi connectivity index (χ1n) is 7.40. The molecule has 2 rings (SSSR count). The number of amides is 1. The van der Waals surface area contributed by atoms with Crippen LogP contribution < -0.4 is 4.80 Å². The summed E-state index contributed by atoms with van der Waals surface area (Å²) in [6.07, 6.45) is 2.14. The molecule has 0 saturated heterocycles. The number of methoxy groups -OCH3 is 1. The lowest BCUT2D eigenvalue weighted by Crippen LogP contribution is -2.22. The Morgan fingerprint density at radius 3 is 2.78 bits per heavy atom. The van der Waals surface area contributed by atoms with E-state index in [4.69, 9.17) is 16.3 Å². The van der Waals surface area contributed by atoms with Crippen molar-refractivity contribution in [3.8, 4) is 0 Å². The third-order valence-corrected chi connectivity index (χ3v) is 4.96. The van der Waals surface area contributed by atoms with Gasteiger partial charge in [0.2, 0.25) is 5.91 Å². The number of aromatic nitrogens is 1. The Hall–Kier alpha value is -1.66. The highest BCUT2D eigenvalue weighted by molar-refractivity contribution is 7.16. The molecular formula is C16H19ClN2O3S. The van der Waals surface area contributed by atoms with Crippen molar-refractivity contribution in [2.75, 3.05) is 7.11 Å². The van der Waals surface area contributed by atoms with E-state index in [1.54, 1.807) is 10.6 Å². The summed E-state index contributed by atoms with van der Waals surface area (Å²) < 4.78 is 7.39. The normalized spacial score (nSPS) is 11.9. The van der Waals surface area contributed by atoms with Crippen LogP contribution in [0.2, 0.25) is 5.02 Å². The van der Waals surface area contributed by atoms with Crippen molar-refractivity contribution in [2.45, 2.75) is 39.7 Å². The molecule has 1 heterocycles. The molecule has 0 fully saturated rings. The molecule has 0 bridgehead atoms. The zero-order valence-corrected chi connectivity index (χ0v) is 15.0. The van der Waals surface area contributed by atoms with E-state index < -0.39 is 5.97 Å². The van der Waals surface area contributed by atoms with E-state index in [0.29, 0.717) is 16.2 Å². The Morgan fingerprint density at radius 1 is 1.39 bits per heavy atom. The zero-order chi connectivity index (χ0) is 17.0. The van der Waals surface area contributed by atoms with Gasteiger partial charge < -0.3 is 9.30 Å². The maximum Gasteiger partial charge on any atom is 0.325 e. The van der Waals surface area contributed by atoms with Crippen molar-refractivity contribution in [1.82, 2.24) is 4.57 Å². The molecule has 5 nitrogen and oxygen atoms in total. The van der Waals surface area contributed by atoms with Crippen LogP contribution in [0.1, 0.15) is 31.7 Å². The summed E-state index contributed by atoms with van der Waals surface area (Å²) in [6, 6.07) is 3.68. The fourth-order valence-electron chi connectivity index (χ4n) is 2.23. The number of benzene rings is 1. The number of aryl methyl sites for hydroxylation is 1. The predicted octanol–water partition coefficient (Wildman–Crippen LogP) is 3.46. The summed E-state index contributed by atoms with van der Waals surface area (Å²) in [6.45, 7) is 3.90. The highest BCUT2D eigenvalue weighted by Crippen LogP contribution is 2.27. The van der Waals surface area contributed by atoms with Crippen LogP contribution in [-0.2, 0) is 20.9 Å². The zero-order valence-electron chi connectivity index (χ0n) is 13.4. The summed E-state index contributed by atoms with van der Waals surface area (Å²) in [5.74, 6) is -0.577. The number of thiazole rings is 1. The van der Waals surface area contributed by atoms with Gasteiger partial charge in [-0.05, 0) is 31.0 Å². The summed E-state index contributed by atoms with van der Waals surface area (Å²) in [4.78, 5) is 28.4. The van der Waals surface area contributed by atoms with Gasteiger partial charge in [0.25, 0.3) is 0 Å². The minimum atomic E-state index is -0.397. The Balaban J connectivity index is 2.61. The first-order chi connectivity index (χ1) is 11.0. The van der Waals surface area contributed by atoms with E-state index in [9.17, 15) is 9.59 Å². The Labute approximate surface area is 143 Å². The smallest absolute Gasteiger partial charge is 0.325 e. The Morgan fingerprint density at radius 2 is 2.13 bits per heavy atom. The van der Waals surface area contributed by atoms with Crippen LogP contribution in [0.25, 0.3) is 10.2 Å². The van der Waals surface area contributed by atoms with Gasteiger partial charge in [0.05, 0.1) is 17.3 Å². The van der Waals surface area contributed by atoms with Crippen LogP contribution in [0.3, 0.4) is 0 Å². The van der Waals surface area contributed by atoms with Gasteiger partial charge in [0.15, 0.2) is 4.80 Å². The maximum absolute atomic E-state index is 12.0. The highest BCUT2D eigenvalue weighted by Gasteiger charge is 2.14. The van der Waals surface area contributed by atoms with Crippen LogP contribution >= 0.6 is 22.9 Å². The maximum atomic E-state index is 12.0. The molecule has 0 N–H and O–H groups in total. The van der Waals surface area contributed by atoms with E-state index in [1.807, 2.05) is 19.9 Å². The van der Waals surface area contributed by atoms with E-state index >= 15 is 0 Å². The molecule has 1 aromatic carbocycles. The second kappa shape index (κ2) is 7.75. The number of carbonyl (C=O) groups is 2. The molecule has 0 aliphatic heterocycles. The summed E-state index contributed by atoms with van der Waals surface area (Å²) >= 11 is 7.56. The molecule has 0 aliphatic carbocycles. The van der Waals surface area contributed by atoms with E-state index in [1.165, 1.54) is 18.4 Å². The molecule has 2 aromatic rings. The van der Waals surface area contributed by atoms with Crippen LogP contribution in [0, 0.1) is 6.92 Å². The molecule has 0 radical (unpaired) electrons. The average molecular weight is 355 g/mol. The van der Waals surface area contributed by atoms with Gasteiger partial charge in [-0.15, -0.1) is 0 Å². The molecule has 1 aromatic heterocycles. The summed E-state index contributed by atoms with van der Waals surface area (Å²) in [5.41, 5.74) is 1.67. The molecular weight excluding hydrogens is 336 g/mol. The van der Waals surface area contributed by atoms with E-state index in [-0.39, 0.29) is 12.5 Å². The van der Waals surface area contributed by atoms with E-state index in [0.717, 1.165) is 28.6 Å². The predicted molar refractivity (Wildman–Crippen MR) is 91.7 cm³/mol. The first-order valence-corrected chi connectivity index (χ1v) is 8.60. The van der Waals surface area contributed by atoms with Crippen molar-refractivity contribution in [3.63, 3.8) is 0 Å². The minimum Gasteiger partial charge on any atom is -0.468 e. The van der Waals surface area contributed by atoms with Gasteiger partial charge in [0, 0.05) is 11.4 Å². The van der Waals surface area contributed by atoms with Crippen LogP contribution in [0.5, 0.6) is 0 Å². The van der Waals surface area contributed by atoms with Gasteiger partial charge in [-0.3, -0.25) is 9.59 Å². The second-order valence-corrected chi connectivity index (χ2v) is 6.59. The third-order valence-electron chi connectivity index (χ3n) is 3.51. The second-order valence-electron chi connectivity index (χ2n) is 5.18. The number of esters is 1. The van der Waals surface area contributed by atoms with Crippen molar-refractivity contribution in [1.29, 1.82) is 0 Å². The molecule has 0 aliphatic rings. The number of fused-ring (bicyclic) bond motifs is 1. The molecule has 0 spiro atoms. The van der Waals surface area contributed by atoms with Gasteiger partial charge in [-0.2, -0.15) is 4.99 Å². The van der Waals surface area contributed by atoms with Crippen LogP contribution in [0.4, 0.5) is 0 Å². The molecule has 0 saturated carbocycles. The lowest BCUT2D eigenvalue weighted by Gasteiger charge is -2.07. The van der Waals surface area contributed by atoms with E-state index in [2.05, 4.69) is 4.99 Å². The van der Waals surface area contributed by atoms with Gasteiger partial charge in [0.1, 0.15) is 6.54 Å². The van der Waals surface area contributed by atoms with Crippen LogP contribution in [0.15, 0.2) is 17.1 Å². The number of ether oxygens (including phenoxy) is 1. The number of unbranched alkanes of at least 4 members (excludes halogenated alkanes) is 1. The van der Waals surface area contributed by atoms with Gasteiger partial charge >= 0.3 is 5.97 Å². The minimum absolute atomic E-state index is 0.00241. The molecule has 0 atom stereocenters. The fraction of sp³-hybridized carbons (Fsp3) is 0.438. The van der Waals surface area contributed by atoms with Gasteiger partial charge in [-0.25, -0.2) is 0 Å². The number of halogens is 1. The largest absolute Gasteiger partial charge is 0.468 e.